The summed E-state index contributed by atoms with van der Waals surface area (Å²) in [4.78, 5) is 23.3. The van der Waals surface area contributed by atoms with Crippen molar-refractivity contribution in [3.8, 4) is 0 Å². The predicted molar refractivity (Wildman–Crippen MR) is 281 cm³/mol. The maximum atomic E-state index is 13.0. The highest BCUT2D eigenvalue weighted by Gasteiger charge is 2.27. The number of aliphatic hydroxyl groups is 1. The van der Waals surface area contributed by atoms with Gasteiger partial charge in [0.15, 0.2) is 0 Å². The third-order valence-corrected chi connectivity index (χ3v) is 13.0. The van der Waals surface area contributed by atoms with Gasteiger partial charge in [0, 0.05) is 6.42 Å². The second kappa shape index (κ2) is 47.3. The molecule has 0 bridgehead atoms. The molecule has 0 fully saturated rings. The van der Waals surface area contributed by atoms with Crippen LogP contribution >= 0.6 is 7.82 Å². The number of unbranched alkanes of at least 4 members (excludes halogenated alkanes) is 28. The minimum absolute atomic E-state index is 0.0604. The van der Waals surface area contributed by atoms with Gasteiger partial charge >= 0.3 is 7.82 Å². The lowest BCUT2D eigenvalue weighted by Crippen LogP contribution is -2.45. The van der Waals surface area contributed by atoms with Crippen molar-refractivity contribution in [3.63, 3.8) is 0 Å². The van der Waals surface area contributed by atoms with Gasteiger partial charge in [0.25, 0.3) is 0 Å². The molecule has 0 rings (SSSR count). The molecular weight excluding hydrogens is 828 g/mol. The number of carbonyl (C=O) groups is 1. The van der Waals surface area contributed by atoms with Crippen LogP contribution in [0.5, 0.6) is 0 Å². The summed E-state index contributed by atoms with van der Waals surface area (Å²) in [5, 5.41) is 13.9. The van der Waals surface area contributed by atoms with E-state index in [1.807, 2.05) is 27.2 Å². The van der Waals surface area contributed by atoms with Crippen LogP contribution in [0.15, 0.2) is 60.8 Å². The lowest BCUT2D eigenvalue weighted by Gasteiger charge is -2.25. The van der Waals surface area contributed by atoms with E-state index in [1.165, 1.54) is 154 Å². The second-order valence-electron chi connectivity index (χ2n) is 19.6. The highest BCUT2D eigenvalue weighted by atomic mass is 31.2. The lowest BCUT2D eigenvalue weighted by atomic mass is 10.0. The Bertz CT molecular complexity index is 1240. The Kier molecular flexibility index (Phi) is 46.0. The number of hydrogen-bond acceptors (Lipinski definition) is 5. The van der Waals surface area contributed by atoms with Gasteiger partial charge < -0.3 is 19.8 Å². The number of aliphatic hydroxyl groups excluding tert-OH is 1. The van der Waals surface area contributed by atoms with E-state index in [0.29, 0.717) is 17.4 Å². The fraction of sp³-hybridized carbons (Fsp3) is 0.804. The summed E-state index contributed by atoms with van der Waals surface area (Å²) in [5.74, 6) is -0.178. The van der Waals surface area contributed by atoms with Crippen molar-refractivity contribution < 1.29 is 32.9 Å². The van der Waals surface area contributed by atoms with Crippen LogP contribution < -0.4 is 5.32 Å². The third kappa shape index (κ3) is 49.9. The van der Waals surface area contributed by atoms with Crippen molar-refractivity contribution in [1.82, 2.24) is 5.32 Å². The highest BCUT2D eigenvalue weighted by Crippen LogP contribution is 2.43. The summed E-state index contributed by atoms with van der Waals surface area (Å²) >= 11 is 0. The molecule has 0 heterocycles. The molecule has 0 aliphatic carbocycles. The molecule has 3 atom stereocenters. The topological polar surface area (TPSA) is 105 Å². The molecule has 65 heavy (non-hydrogen) atoms. The minimum Gasteiger partial charge on any atom is -0.387 e. The minimum atomic E-state index is -4.34. The van der Waals surface area contributed by atoms with E-state index >= 15 is 0 Å². The maximum absolute atomic E-state index is 13.0. The van der Waals surface area contributed by atoms with Crippen molar-refractivity contribution in [1.29, 1.82) is 0 Å². The van der Waals surface area contributed by atoms with Crippen LogP contribution in [-0.4, -0.2) is 73.4 Å². The molecule has 0 aliphatic rings. The number of quaternary nitrogens is 1. The van der Waals surface area contributed by atoms with Gasteiger partial charge in [0.1, 0.15) is 13.2 Å². The second-order valence-corrected chi connectivity index (χ2v) is 21.0. The number of nitrogens with zero attached hydrogens (tertiary/aromatic N) is 1. The van der Waals surface area contributed by atoms with E-state index in [1.54, 1.807) is 6.08 Å². The van der Waals surface area contributed by atoms with Crippen molar-refractivity contribution in [2.45, 2.75) is 251 Å². The average molecular weight is 934 g/mol. The van der Waals surface area contributed by atoms with Gasteiger partial charge in [-0.25, -0.2) is 4.57 Å². The molecule has 9 heteroatoms. The summed E-state index contributed by atoms with van der Waals surface area (Å²) in [6.45, 7) is 4.72. The fourth-order valence-corrected chi connectivity index (χ4v) is 8.48. The van der Waals surface area contributed by atoms with Crippen LogP contribution in [0.2, 0.25) is 0 Å². The summed E-state index contributed by atoms with van der Waals surface area (Å²) in [6.07, 6.45) is 63.0. The van der Waals surface area contributed by atoms with Crippen LogP contribution in [0, 0.1) is 0 Å². The Morgan fingerprint density at radius 3 is 1.35 bits per heavy atom. The molecule has 0 aliphatic heterocycles. The Morgan fingerprint density at radius 2 is 0.923 bits per heavy atom. The van der Waals surface area contributed by atoms with E-state index in [9.17, 15) is 19.4 Å². The molecule has 3 unspecified atom stereocenters. The van der Waals surface area contributed by atoms with Crippen molar-refractivity contribution in [3.05, 3.63) is 60.8 Å². The van der Waals surface area contributed by atoms with Gasteiger partial charge in [0.2, 0.25) is 5.91 Å². The SMILES string of the molecule is CC/C=C\C/C=C\C/C=C\C/C=C\CCCCCCCCCCCCCCCCC(=O)NC(COP(=O)(O)OCC[N+](C)(C)C)C(O)/C=C/CCCCCCCCCCCCCCCC. The van der Waals surface area contributed by atoms with Crippen LogP contribution in [0.25, 0.3) is 0 Å². The molecule has 0 spiro atoms. The lowest BCUT2D eigenvalue weighted by molar-refractivity contribution is -0.870. The molecule has 0 saturated heterocycles. The van der Waals surface area contributed by atoms with Crippen LogP contribution in [-0.2, 0) is 18.4 Å². The molecule has 380 valence electrons. The molecule has 3 N–H and O–H groups in total. The number of nitrogens with one attached hydrogen (secondary N) is 1. The van der Waals surface area contributed by atoms with E-state index in [0.717, 1.165) is 64.2 Å². The summed E-state index contributed by atoms with van der Waals surface area (Å²) in [6, 6.07) is -0.848. The largest absolute Gasteiger partial charge is 0.472 e. The van der Waals surface area contributed by atoms with E-state index < -0.39 is 20.0 Å². The Labute approximate surface area is 402 Å². The van der Waals surface area contributed by atoms with Gasteiger partial charge in [-0.2, -0.15) is 0 Å². The van der Waals surface area contributed by atoms with E-state index in [-0.39, 0.29) is 19.1 Å². The number of allylic oxidation sites excluding steroid dienone is 9. The third-order valence-electron chi connectivity index (χ3n) is 12.0. The summed E-state index contributed by atoms with van der Waals surface area (Å²) < 4.78 is 23.7. The van der Waals surface area contributed by atoms with Gasteiger partial charge in [-0.15, -0.1) is 0 Å². The molecule has 0 aromatic heterocycles. The van der Waals surface area contributed by atoms with E-state index in [2.05, 4.69) is 67.8 Å². The Morgan fingerprint density at radius 1 is 0.538 bits per heavy atom. The van der Waals surface area contributed by atoms with Gasteiger partial charge in [0.05, 0.1) is 39.9 Å². The molecule has 0 saturated carbocycles. The quantitative estimate of drug-likeness (QED) is 0.0243. The first-order chi connectivity index (χ1) is 31.5. The predicted octanol–water partition coefficient (Wildman–Crippen LogP) is 16.1. The smallest absolute Gasteiger partial charge is 0.387 e. The zero-order valence-electron chi connectivity index (χ0n) is 43.2. The monoisotopic (exact) mass is 934 g/mol. The first-order valence-corrected chi connectivity index (χ1v) is 28.7. The number of phosphoric ester groups is 1. The molecule has 8 nitrogen and oxygen atoms in total. The van der Waals surface area contributed by atoms with Crippen molar-refractivity contribution in [2.75, 3.05) is 40.9 Å². The molecular formula is C56H106N2O6P+. The highest BCUT2D eigenvalue weighted by molar-refractivity contribution is 7.47. The maximum Gasteiger partial charge on any atom is 0.472 e. The molecule has 1 amide bonds. The Balaban J connectivity index is 4.20. The Hall–Kier alpha value is -1.80. The number of hydrogen-bond donors (Lipinski definition) is 3. The first-order valence-electron chi connectivity index (χ1n) is 27.2. The zero-order valence-corrected chi connectivity index (χ0v) is 44.1. The average Bonchev–Trinajstić information content (AvgIpc) is 3.26. The van der Waals surface area contributed by atoms with Crippen molar-refractivity contribution >= 4 is 13.7 Å². The molecule has 0 aromatic rings. The standard InChI is InChI=1S/C56H105N2O6P/c1-6-8-10-12-14-16-18-20-22-24-25-26-27-28-29-30-31-32-33-34-36-38-40-42-44-46-48-50-56(60)57-54(53-64-65(61,62)63-52-51-58(3,4)5)55(59)49-47-45-43-41-39-37-35-23-21-19-17-15-13-11-9-7-2/h8,10,14,16,20,22,25-26,47,49,54-55,59H,6-7,9,11-13,15,17-19,21,23-24,27-46,48,50-53H2,1-5H3,(H-,57,60,61,62)/p+1/b10-8-,16-14-,22-20-,26-25-,49-47+. The normalized spacial score (nSPS) is 14.5. The van der Waals surface area contributed by atoms with Gasteiger partial charge in [-0.1, -0.05) is 235 Å². The molecule has 0 aromatic carbocycles. The van der Waals surface area contributed by atoms with Crippen LogP contribution in [0.3, 0.4) is 0 Å². The summed E-state index contributed by atoms with van der Waals surface area (Å²) in [7, 11) is 1.57. The number of likely N-dealkylation sites (N-methyl/N-ethyl adjacent to an activating group) is 1. The fourth-order valence-electron chi connectivity index (χ4n) is 7.74. The van der Waals surface area contributed by atoms with Gasteiger partial charge in [-0.3, -0.25) is 13.8 Å². The number of amides is 1. The number of carbonyl (C=O) groups excluding carboxylic acids is 1. The number of rotatable bonds is 49. The van der Waals surface area contributed by atoms with Crippen molar-refractivity contribution in [2.24, 2.45) is 0 Å². The van der Waals surface area contributed by atoms with Crippen LogP contribution in [0.1, 0.15) is 239 Å². The van der Waals surface area contributed by atoms with Crippen LogP contribution in [0.4, 0.5) is 0 Å². The summed E-state index contributed by atoms with van der Waals surface area (Å²) in [5.41, 5.74) is 0. The van der Waals surface area contributed by atoms with E-state index in [4.69, 9.17) is 9.05 Å². The molecule has 0 radical (unpaired) electrons. The van der Waals surface area contributed by atoms with Gasteiger partial charge in [-0.05, 0) is 57.8 Å². The number of phosphoric acid groups is 1. The zero-order chi connectivity index (χ0) is 47.8. The first kappa shape index (κ1) is 63.2.